The van der Waals surface area contributed by atoms with Crippen molar-refractivity contribution in [1.82, 2.24) is 5.32 Å². The Bertz CT molecular complexity index is 384. The Hall–Kier alpha value is -0.530. The van der Waals surface area contributed by atoms with Crippen molar-refractivity contribution in [3.05, 3.63) is 34.9 Å². The van der Waals surface area contributed by atoms with Crippen LogP contribution >= 0.6 is 11.6 Å². The highest BCUT2D eigenvalue weighted by Crippen LogP contribution is 2.45. The summed E-state index contributed by atoms with van der Waals surface area (Å²) in [5.74, 6) is 1.87. The van der Waals surface area contributed by atoms with E-state index >= 15 is 0 Å². The Balaban J connectivity index is 1.69. The number of hydrogen-bond acceptors (Lipinski definition) is 1. The molecule has 0 bridgehead atoms. The van der Waals surface area contributed by atoms with E-state index in [4.69, 9.17) is 11.6 Å². The second-order valence-electron chi connectivity index (χ2n) is 5.61. The lowest BCUT2D eigenvalue weighted by molar-refractivity contribution is 0.377. The van der Waals surface area contributed by atoms with Crippen molar-refractivity contribution in [2.45, 2.75) is 44.7 Å². The van der Waals surface area contributed by atoms with Crippen molar-refractivity contribution < 1.29 is 0 Å². The van der Waals surface area contributed by atoms with E-state index in [1.807, 2.05) is 12.1 Å². The van der Waals surface area contributed by atoms with Crippen LogP contribution in [0.5, 0.6) is 0 Å². The van der Waals surface area contributed by atoms with Gasteiger partial charge in [0.2, 0.25) is 0 Å². The Kier molecular flexibility index (Phi) is 3.14. The van der Waals surface area contributed by atoms with E-state index in [0.717, 1.165) is 22.9 Å². The minimum atomic E-state index is 0.370. The number of rotatable bonds is 5. The molecular weight excluding hydrogens is 230 g/mol. The summed E-state index contributed by atoms with van der Waals surface area (Å²) in [5, 5.41) is 4.70. The minimum Gasteiger partial charge on any atom is -0.307 e. The van der Waals surface area contributed by atoms with Gasteiger partial charge in [0.25, 0.3) is 0 Å². The highest BCUT2D eigenvalue weighted by Gasteiger charge is 2.41. The summed E-state index contributed by atoms with van der Waals surface area (Å²) in [5.41, 5.74) is 1.24. The Labute approximate surface area is 109 Å². The topological polar surface area (TPSA) is 12.0 Å². The van der Waals surface area contributed by atoms with E-state index in [1.54, 1.807) is 0 Å². The average Bonchev–Trinajstić information content (AvgIpc) is 3.16. The molecule has 1 nitrogen and oxygen atoms in total. The van der Waals surface area contributed by atoms with Crippen LogP contribution in [0.1, 0.15) is 44.2 Å². The van der Waals surface area contributed by atoms with Crippen LogP contribution in [-0.4, -0.2) is 6.04 Å². The molecule has 0 aromatic heterocycles. The van der Waals surface area contributed by atoms with E-state index in [1.165, 1.54) is 31.2 Å². The third-order valence-corrected chi connectivity index (χ3v) is 4.42. The predicted octanol–water partition coefficient (Wildman–Crippen LogP) is 4.18. The fourth-order valence-electron chi connectivity index (χ4n) is 2.77. The molecule has 1 aromatic rings. The molecule has 0 amide bonds. The Morgan fingerprint density at radius 3 is 2.24 bits per heavy atom. The normalized spacial score (nSPS) is 21.8. The molecule has 2 aliphatic carbocycles. The molecule has 17 heavy (non-hydrogen) atoms. The van der Waals surface area contributed by atoms with Crippen LogP contribution in [0.4, 0.5) is 0 Å². The molecule has 1 N–H and O–H groups in total. The van der Waals surface area contributed by atoms with Gasteiger partial charge >= 0.3 is 0 Å². The van der Waals surface area contributed by atoms with Crippen molar-refractivity contribution in [3.63, 3.8) is 0 Å². The van der Waals surface area contributed by atoms with E-state index in [9.17, 15) is 0 Å². The largest absolute Gasteiger partial charge is 0.307 e. The molecule has 2 saturated carbocycles. The van der Waals surface area contributed by atoms with Crippen LogP contribution in [0.3, 0.4) is 0 Å². The van der Waals surface area contributed by atoms with E-state index in [-0.39, 0.29) is 0 Å². The highest BCUT2D eigenvalue weighted by atomic mass is 35.5. The van der Waals surface area contributed by atoms with Gasteiger partial charge in [-0.3, -0.25) is 0 Å². The second-order valence-corrected chi connectivity index (χ2v) is 6.02. The van der Waals surface area contributed by atoms with Gasteiger partial charge in [0.1, 0.15) is 0 Å². The smallest absolute Gasteiger partial charge is 0.0453 e. The van der Waals surface area contributed by atoms with Crippen LogP contribution in [0.2, 0.25) is 5.02 Å². The first-order valence-electron chi connectivity index (χ1n) is 6.76. The molecule has 0 radical (unpaired) electrons. The van der Waals surface area contributed by atoms with Crippen molar-refractivity contribution in [3.8, 4) is 0 Å². The lowest BCUT2D eigenvalue weighted by Gasteiger charge is -2.24. The second kappa shape index (κ2) is 4.62. The first-order valence-corrected chi connectivity index (χ1v) is 7.14. The van der Waals surface area contributed by atoms with Crippen LogP contribution in [-0.2, 0) is 0 Å². The monoisotopic (exact) mass is 249 g/mol. The minimum absolute atomic E-state index is 0.370. The van der Waals surface area contributed by atoms with Crippen molar-refractivity contribution in [1.29, 1.82) is 0 Å². The summed E-state index contributed by atoms with van der Waals surface area (Å²) in [6.45, 7) is 2.24. The van der Waals surface area contributed by atoms with Gasteiger partial charge in [-0.1, -0.05) is 29.8 Å². The summed E-state index contributed by atoms with van der Waals surface area (Å²) >= 11 is 6.25. The van der Waals surface area contributed by atoms with Gasteiger partial charge in [-0.25, -0.2) is 0 Å². The third-order valence-electron chi connectivity index (χ3n) is 4.07. The first kappa shape index (κ1) is 11.6. The fraction of sp³-hybridized carbons (Fsp3) is 0.600. The van der Waals surface area contributed by atoms with E-state index < -0.39 is 0 Å². The quantitative estimate of drug-likeness (QED) is 0.826. The van der Waals surface area contributed by atoms with Gasteiger partial charge in [0.15, 0.2) is 0 Å². The molecule has 0 heterocycles. The Morgan fingerprint density at radius 1 is 1.12 bits per heavy atom. The summed E-state index contributed by atoms with van der Waals surface area (Å²) < 4.78 is 0. The van der Waals surface area contributed by atoms with Crippen molar-refractivity contribution >= 4 is 11.6 Å². The average molecular weight is 250 g/mol. The van der Waals surface area contributed by atoms with Gasteiger partial charge < -0.3 is 5.32 Å². The molecule has 0 unspecified atom stereocenters. The zero-order valence-electron chi connectivity index (χ0n) is 10.3. The number of halogens is 1. The maximum absolute atomic E-state index is 6.25. The maximum Gasteiger partial charge on any atom is 0.0453 e. The molecule has 2 heteroatoms. The van der Waals surface area contributed by atoms with Gasteiger partial charge in [0, 0.05) is 17.1 Å². The summed E-state index contributed by atoms with van der Waals surface area (Å²) in [6.07, 6.45) is 5.68. The standard InChI is InChI=1S/C15H20ClN/c1-10(13-4-2-3-5-14(13)16)17-15(11-6-7-11)12-8-9-12/h2-5,10-12,15,17H,6-9H2,1H3/t10-/m0/s1. The molecule has 0 aliphatic heterocycles. The fourth-order valence-corrected chi connectivity index (χ4v) is 3.07. The molecule has 92 valence electrons. The zero-order valence-corrected chi connectivity index (χ0v) is 11.1. The molecule has 1 aromatic carbocycles. The summed E-state index contributed by atoms with van der Waals surface area (Å²) in [7, 11) is 0. The van der Waals surface area contributed by atoms with Gasteiger partial charge in [-0.2, -0.15) is 0 Å². The molecule has 1 atom stereocenters. The van der Waals surface area contributed by atoms with Crippen LogP contribution in [0.25, 0.3) is 0 Å². The van der Waals surface area contributed by atoms with Gasteiger partial charge in [0.05, 0.1) is 0 Å². The maximum atomic E-state index is 6.25. The van der Waals surface area contributed by atoms with Crippen LogP contribution in [0, 0.1) is 11.8 Å². The molecule has 2 fully saturated rings. The molecule has 0 saturated heterocycles. The van der Waals surface area contributed by atoms with Crippen LogP contribution < -0.4 is 5.32 Å². The molecule has 0 spiro atoms. The number of hydrogen-bond donors (Lipinski definition) is 1. The van der Waals surface area contributed by atoms with Gasteiger partial charge in [-0.05, 0) is 56.1 Å². The third kappa shape index (κ3) is 2.66. The number of nitrogens with one attached hydrogen (secondary N) is 1. The summed E-state index contributed by atoms with van der Waals surface area (Å²) in [6, 6.07) is 9.30. The molecule has 2 aliphatic rings. The first-order chi connectivity index (χ1) is 8.25. The summed E-state index contributed by atoms with van der Waals surface area (Å²) in [4.78, 5) is 0. The highest BCUT2D eigenvalue weighted by molar-refractivity contribution is 6.31. The van der Waals surface area contributed by atoms with E-state index in [0.29, 0.717) is 6.04 Å². The lowest BCUT2D eigenvalue weighted by atomic mass is 10.0. The van der Waals surface area contributed by atoms with Crippen molar-refractivity contribution in [2.24, 2.45) is 11.8 Å². The lowest BCUT2D eigenvalue weighted by Crippen LogP contribution is -2.35. The molecular formula is C15H20ClN. The zero-order chi connectivity index (χ0) is 11.8. The van der Waals surface area contributed by atoms with Gasteiger partial charge in [-0.15, -0.1) is 0 Å². The molecule has 3 rings (SSSR count). The predicted molar refractivity (Wildman–Crippen MR) is 72.2 cm³/mol. The Morgan fingerprint density at radius 2 is 1.71 bits per heavy atom. The number of benzene rings is 1. The SMILES string of the molecule is C[C@H](NC(C1CC1)C1CC1)c1ccccc1Cl. The van der Waals surface area contributed by atoms with Crippen LogP contribution in [0.15, 0.2) is 24.3 Å². The van der Waals surface area contributed by atoms with E-state index in [2.05, 4.69) is 24.4 Å². The van der Waals surface area contributed by atoms with Crippen molar-refractivity contribution in [2.75, 3.05) is 0 Å².